The van der Waals surface area contributed by atoms with Gasteiger partial charge in [0.2, 0.25) is 0 Å². The van der Waals surface area contributed by atoms with Gasteiger partial charge in [0.25, 0.3) is 6.33 Å². The Kier molecular flexibility index (Phi) is 10.4. The van der Waals surface area contributed by atoms with Crippen molar-refractivity contribution in [2.24, 2.45) is 0 Å². The van der Waals surface area contributed by atoms with Crippen molar-refractivity contribution >= 4 is 32.8 Å². The van der Waals surface area contributed by atoms with E-state index >= 15 is 0 Å². The standard InChI is InChI=1S/C78H64N4O.Pt/c1-48-20-17-21-49(2)73(48)54-41-66-62-28-13-11-26-60(62)61-27-12-14-29-63(61)67-40-53(52-32-34-55(35-33-52)77(5,6)7)43-71-76(67)81(75(66)68(42-54)74-50(3)22-18-23-51(74)4)47-80(71)57-24-19-25-58(45-57)83-59-36-37-65-64-30-15-16-31-69(64)82(70(65)46-59)72-44-56(38-39-79-72)78(8,9)10;/h11-44H,1-10H3;/q-2;/i1D3,2D3,3D3,4D3;. The molecule has 0 amide bonds. The Morgan fingerprint density at radius 2 is 1.05 bits per heavy atom. The van der Waals surface area contributed by atoms with Crippen LogP contribution in [0.25, 0.3) is 117 Å². The fraction of sp³-hybridized carbons (Fsp3) is 0.154. The van der Waals surface area contributed by atoms with Crippen LogP contribution in [-0.2, 0) is 31.9 Å². The maximum Gasteiger partial charge on any atom is 0.268 e. The molecule has 0 radical (unpaired) electrons. The van der Waals surface area contributed by atoms with Crippen LogP contribution in [0, 0.1) is 45.9 Å². The summed E-state index contributed by atoms with van der Waals surface area (Å²) in [6, 6.07) is 69.0. The van der Waals surface area contributed by atoms with Gasteiger partial charge in [0.05, 0.1) is 16.7 Å². The van der Waals surface area contributed by atoms with E-state index in [0.29, 0.717) is 39.3 Å². The van der Waals surface area contributed by atoms with Gasteiger partial charge < -0.3 is 13.9 Å². The number of pyridine rings is 1. The monoisotopic (exact) mass is 1280 g/mol. The Bertz CT molecular complexity index is 5190. The topological polar surface area (TPSA) is 35.9 Å². The minimum atomic E-state index is -2.93. The molecular formula is C78H64N4OPt-2. The number of rotatable bonds is 7. The fourth-order valence-electron chi connectivity index (χ4n) is 12.1. The van der Waals surface area contributed by atoms with Crippen molar-refractivity contribution in [3.8, 4) is 95.5 Å². The van der Waals surface area contributed by atoms with Crippen molar-refractivity contribution in [3.63, 3.8) is 0 Å². The van der Waals surface area contributed by atoms with E-state index in [2.05, 4.69) is 119 Å². The molecule has 0 bridgehead atoms. The van der Waals surface area contributed by atoms with E-state index in [1.165, 1.54) is 36.4 Å². The van der Waals surface area contributed by atoms with Crippen LogP contribution in [0.5, 0.6) is 11.5 Å². The molecule has 6 heteroatoms. The third kappa shape index (κ3) is 9.21. The number of aryl methyl sites for hydroxylation is 4. The van der Waals surface area contributed by atoms with Crippen LogP contribution in [0.2, 0.25) is 0 Å². The van der Waals surface area contributed by atoms with Gasteiger partial charge in [-0.05, 0) is 186 Å². The molecule has 14 rings (SSSR count). The van der Waals surface area contributed by atoms with E-state index in [-0.39, 0.29) is 82.1 Å². The number of hydrogen-bond acceptors (Lipinski definition) is 2. The summed E-state index contributed by atoms with van der Waals surface area (Å²) in [5, 5.41) is 1.99. The van der Waals surface area contributed by atoms with Crippen LogP contribution in [0.15, 0.2) is 206 Å². The van der Waals surface area contributed by atoms with Gasteiger partial charge in [0, 0.05) is 60.7 Å². The molecule has 0 saturated carbocycles. The summed E-state index contributed by atoms with van der Waals surface area (Å²) < 4.78 is 121. The molecule has 3 aromatic heterocycles. The number of para-hydroxylation sites is 1. The molecule has 0 unspecified atom stereocenters. The van der Waals surface area contributed by atoms with Crippen LogP contribution in [0.4, 0.5) is 0 Å². The Balaban J connectivity index is 0.00000833. The van der Waals surface area contributed by atoms with E-state index in [9.17, 15) is 8.22 Å². The maximum atomic E-state index is 9.18. The van der Waals surface area contributed by atoms with Crippen molar-refractivity contribution in [3.05, 3.63) is 258 Å². The molecule has 1 aliphatic rings. The van der Waals surface area contributed by atoms with Crippen LogP contribution >= 0.6 is 0 Å². The molecule has 0 atom stereocenters. The first-order valence-corrected chi connectivity index (χ1v) is 27.9. The number of hydrogen-bond donors (Lipinski definition) is 0. The van der Waals surface area contributed by atoms with E-state index in [1.54, 1.807) is 12.1 Å². The zero-order valence-electron chi connectivity index (χ0n) is 59.1. The molecule has 414 valence electrons. The smallest absolute Gasteiger partial charge is 0.268 e. The molecule has 84 heavy (non-hydrogen) atoms. The van der Waals surface area contributed by atoms with E-state index in [4.69, 9.17) is 17.9 Å². The van der Waals surface area contributed by atoms with E-state index < -0.39 is 27.4 Å². The predicted molar refractivity (Wildman–Crippen MR) is 342 cm³/mol. The third-order valence-electron chi connectivity index (χ3n) is 16.2. The average Bonchev–Trinajstić information content (AvgIpc) is 1.44. The molecule has 0 saturated heterocycles. The number of benzene rings is 10. The SMILES string of the molecule is [2H]C([2H])([2H])c1cccc(C([2H])([2H])[2H])c1-c1cc2c(c(-c3c(C([2H])([2H])[2H])cccc3C([2H])([2H])[2H])c1)-[n+]1[c-]n(-c3[c-]c(Oc4[c-]c5c(cc4)c4ccccc4n5-c4cc(C(C)(C)C)ccn4)ccc3)c3cc(-c4ccc(C(C)(C)C)cc4)cc(c31)-c1ccccc1-c1ccccc1-2.[Pt]. The van der Waals surface area contributed by atoms with Crippen LogP contribution in [0.3, 0.4) is 0 Å². The maximum absolute atomic E-state index is 9.18. The minimum Gasteiger partial charge on any atom is -0.510 e. The molecule has 5 nitrogen and oxygen atoms in total. The summed E-state index contributed by atoms with van der Waals surface area (Å²) in [6.45, 7) is 1.45. The summed E-state index contributed by atoms with van der Waals surface area (Å²) in [5.74, 6) is 1.48. The van der Waals surface area contributed by atoms with Gasteiger partial charge in [-0.2, -0.15) is 18.2 Å². The number of aromatic nitrogens is 4. The number of fused-ring (bicyclic) bond motifs is 10. The van der Waals surface area contributed by atoms with Crippen molar-refractivity contribution in [2.75, 3.05) is 0 Å². The average molecular weight is 1280 g/mol. The minimum absolute atomic E-state index is 0. The van der Waals surface area contributed by atoms with Gasteiger partial charge in [0.15, 0.2) is 0 Å². The van der Waals surface area contributed by atoms with Crippen molar-refractivity contribution in [2.45, 2.75) is 79.8 Å². The first-order chi connectivity index (χ1) is 44.9. The van der Waals surface area contributed by atoms with Gasteiger partial charge in [-0.1, -0.05) is 181 Å². The second kappa shape index (κ2) is 20.8. The quantitative estimate of drug-likeness (QED) is 0.118. The van der Waals surface area contributed by atoms with Crippen LogP contribution < -0.4 is 9.30 Å². The van der Waals surface area contributed by atoms with Gasteiger partial charge in [-0.3, -0.25) is 4.57 Å². The fourth-order valence-corrected chi connectivity index (χ4v) is 12.1. The summed E-state index contributed by atoms with van der Waals surface area (Å²) in [7, 11) is 0. The molecule has 0 aliphatic carbocycles. The second-order valence-corrected chi connectivity index (χ2v) is 23.5. The first-order valence-electron chi connectivity index (χ1n) is 33.9. The zero-order chi connectivity index (χ0) is 67.1. The first kappa shape index (κ1) is 42.0. The molecular weight excluding hydrogens is 1200 g/mol. The molecule has 0 fully saturated rings. The molecule has 0 N–H and O–H groups in total. The van der Waals surface area contributed by atoms with Crippen molar-refractivity contribution in [1.82, 2.24) is 14.1 Å². The number of ether oxygens (including phenoxy) is 1. The van der Waals surface area contributed by atoms with Gasteiger partial charge in [-0.15, -0.1) is 29.7 Å². The number of imidazole rings is 1. The molecule has 0 spiro atoms. The van der Waals surface area contributed by atoms with E-state index in [1.807, 2.05) is 112 Å². The van der Waals surface area contributed by atoms with Gasteiger partial charge in [-0.25, -0.2) is 4.98 Å². The zero-order valence-corrected chi connectivity index (χ0v) is 49.4. The largest absolute Gasteiger partial charge is 0.510 e. The third-order valence-corrected chi connectivity index (χ3v) is 16.2. The molecule has 13 aromatic rings. The predicted octanol–water partition coefficient (Wildman–Crippen LogP) is 19.7. The second-order valence-electron chi connectivity index (χ2n) is 23.5. The van der Waals surface area contributed by atoms with Crippen molar-refractivity contribution in [1.29, 1.82) is 0 Å². The molecule has 1 aliphatic heterocycles. The summed E-state index contributed by atoms with van der Waals surface area (Å²) in [5.41, 5.74) is 10.2. The van der Waals surface area contributed by atoms with Crippen molar-refractivity contribution < 1.29 is 46.8 Å². The van der Waals surface area contributed by atoms with E-state index in [0.717, 1.165) is 72.1 Å². The summed E-state index contributed by atoms with van der Waals surface area (Å²) in [4.78, 5) is 4.88. The van der Waals surface area contributed by atoms with Crippen LogP contribution in [0.1, 0.15) is 91.4 Å². The van der Waals surface area contributed by atoms with Gasteiger partial charge >= 0.3 is 0 Å². The van der Waals surface area contributed by atoms with Crippen LogP contribution in [-0.4, -0.2) is 14.1 Å². The molecule has 10 aromatic carbocycles. The normalized spacial score (nSPS) is 14.8. The Hall–Kier alpha value is -8.89. The van der Waals surface area contributed by atoms with Gasteiger partial charge in [0.1, 0.15) is 5.82 Å². The Morgan fingerprint density at radius 3 is 1.71 bits per heavy atom. The Labute approximate surface area is 524 Å². The summed E-state index contributed by atoms with van der Waals surface area (Å²) in [6.07, 6.45) is 5.60. The number of nitrogens with zero attached hydrogens (tertiary/aromatic N) is 4. The Morgan fingerprint density at radius 1 is 0.464 bits per heavy atom. The molecule has 4 heterocycles. The summed E-state index contributed by atoms with van der Waals surface area (Å²) >= 11 is 0.